The zero-order valence-corrected chi connectivity index (χ0v) is 12.2. The van der Waals surface area contributed by atoms with Crippen molar-refractivity contribution in [2.75, 3.05) is 11.4 Å². The number of aromatic nitrogens is 3. The van der Waals surface area contributed by atoms with Crippen LogP contribution in [-0.2, 0) is 17.8 Å². The highest BCUT2D eigenvalue weighted by atomic mass is 16.4. The number of aromatic carboxylic acids is 1. The van der Waals surface area contributed by atoms with Gasteiger partial charge in [-0.15, -0.1) is 5.10 Å². The molecule has 0 unspecified atom stereocenters. The second-order valence-electron chi connectivity index (χ2n) is 5.26. The lowest BCUT2D eigenvalue weighted by atomic mass is 10.0. The van der Waals surface area contributed by atoms with E-state index >= 15 is 0 Å². The summed E-state index contributed by atoms with van der Waals surface area (Å²) >= 11 is 0. The number of hydrogen-bond acceptors (Lipinski definition) is 4. The summed E-state index contributed by atoms with van der Waals surface area (Å²) in [6.45, 7) is 2.25. The fourth-order valence-electron chi connectivity index (χ4n) is 2.71. The molecular weight excluding hydrogens is 284 g/mol. The Hall–Kier alpha value is -2.70. The molecule has 2 aromatic rings. The number of nitrogens with zero attached hydrogens (tertiary/aromatic N) is 4. The van der Waals surface area contributed by atoms with Crippen LogP contribution in [0.25, 0.3) is 0 Å². The summed E-state index contributed by atoms with van der Waals surface area (Å²) in [6.07, 6.45) is 1.88. The number of hydrogen-bond donors (Lipinski definition) is 1. The van der Waals surface area contributed by atoms with Gasteiger partial charge in [0.25, 0.3) is 0 Å². The van der Waals surface area contributed by atoms with E-state index in [0.717, 1.165) is 24.1 Å². The van der Waals surface area contributed by atoms with Gasteiger partial charge < -0.3 is 10.0 Å². The van der Waals surface area contributed by atoms with Crippen molar-refractivity contribution < 1.29 is 14.7 Å². The first-order valence-electron chi connectivity index (χ1n) is 7.09. The van der Waals surface area contributed by atoms with Crippen LogP contribution in [0.3, 0.4) is 0 Å². The van der Waals surface area contributed by atoms with Gasteiger partial charge in [-0.2, -0.15) is 0 Å². The van der Waals surface area contributed by atoms with Gasteiger partial charge in [0.2, 0.25) is 5.91 Å². The molecule has 0 bridgehead atoms. The van der Waals surface area contributed by atoms with Gasteiger partial charge in [0.1, 0.15) is 6.54 Å². The number of amides is 1. The third-order valence-electron chi connectivity index (χ3n) is 3.88. The van der Waals surface area contributed by atoms with Gasteiger partial charge in [0.15, 0.2) is 5.69 Å². The van der Waals surface area contributed by atoms with E-state index in [1.807, 2.05) is 24.3 Å². The summed E-state index contributed by atoms with van der Waals surface area (Å²) < 4.78 is 1.34. The number of carboxylic acids is 1. The number of rotatable bonds is 3. The Kier molecular flexibility index (Phi) is 3.62. The van der Waals surface area contributed by atoms with Gasteiger partial charge in [0.05, 0.1) is 5.69 Å². The third kappa shape index (κ3) is 2.45. The molecule has 1 aromatic heterocycles. The molecule has 1 aliphatic heterocycles. The minimum absolute atomic E-state index is 0.0134. The minimum atomic E-state index is -1.14. The van der Waals surface area contributed by atoms with Crippen molar-refractivity contribution in [2.45, 2.75) is 26.3 Å². The minimum Gasteiger partial charge on any atom is -0.476 e. The first-order chi connectivity index (χ1) is 10.6. The van der Waals surface area contributed by atoms with Crippen molar-refractivity contribution >= 4 is 17.6 Å². The molecule has 114 valence electrons. The number of carbonyl (C=O) groups excluding carboxylic acids is 1. The van der Waals surface area contributed by atoms with Crippen LogP contribution < -0.4 is 4.90 Å². The predicted octanol–water partition coefficient (Wildman–Crippen LogP) is 1.26. The monoisotopic (exact) mass is 300 g/mol. The predicted molar refractivity (Wildman–Crippen MR) is 78.8 cm³/mol. The van der Waals surface area contributed by atoms with Crippen LogP contribution in [0.4, 0.5) is 5.69 Å². The molecule has 0 fully saturated rings. The van der Waals surface area contributed by atoms with Gasteiger partial charge >= 0.3 is 5.97 Å². The number of carbonyl (C=O) groups is 2. The van der Waals surface area contributed by atoms with Gasteiger partial charge in [-0.25, -0.2) is 9.48 Å². The van der Waals surface area contributed by atoms with E-state index in [-0.39, 0.29) is 18.1 Å². The van der Waals surface area contributed by atoms with Crippen molar-refractivity contribution in [3.05, 3.63) is 41.2 Å². The first kappa shape index (κ1) is 14.2. The molecule has 7 nitrogen and oxygen atoms in total. The lowest BCUT2D eigenvalue weighted by Gasteiger charge is -2.29. The highest BCUT2D eigenvalue weighted by molar-refractivity contribution is 5.94. The molecule has 2 heterocycles. The van der Waals surface area contributed by atoms with Crippen LogP contribution in [0.2, 0.25) is 0 Å². The van der Waals surface area contributed by atoms with E-state index in [1.54, 1.807) is 11.8 Å². The molecular formula is C15H16N4O3. The number of benzene rings is 1. The number of anilines is 1. The Morgan fingerprint density at radius 1 is 1.32 bits per heavy atom. The molecule has 0 atom stereocenters. The van der Waals surface area contributed by atoms with E-state index < -0.39 is 5.97 Å². The first-order valence-corrected chi connectivity index (χ1v) is 7.09. The van der Waals surface area contributed by atoms with Crippen molar-refractivity contribution in [2.24, 2.45) is 0 Å². The number of fused-ring (bicyclic) bond motifs is 1. The molecule has 7 heteroatoms. The molecule has 0 saturated carbocycles. The Labute approximate surface area is 127 Å². The molecule has 0 aliphatic carbocycles. The van der Waals surface area contributed by atoms with E-state index in [4.69, 9.17) is 5.11 Å². The number of carboxylic acid groups (broad SMARTS) is 1. The normalized spacial score (nSPS) is 13.8. The van der Waals surface area contributed by atoms with Crippen molar-refractivity contribution in [3.63, 3.8) is 0 Å². The average Bonchev–Trinajstić information content (AvgIpc) is 2.88. The SMILES string of the molecule is Cc1c(C(=O)O)nnn1CC(=O)N1CCCc2ccccc21. The maximum absolute atomic E-state index is 12.6. The fourth-order valence-corrected chi connectivity index (χ4v) is 2.71. The molecule has 1 aromatic carbocycles. The number of aryl methyl sites for hydroxylation is 1. The highest BCUT2D eigenvalue weighted by Crippen LogP contribution is 2.26. The summed E-state index contributed by atoms with van der Waals surface area (Å²) in [5, 5.41) is 16.3. The smallest absolute Gasteiger partial charge is 0.358 e. The van der Waals surface area contributed by atoms with Gasteiger partial charge in [-0.3, -0.25) is 4.79 Å². The van der Waals surface area contributed by atoms with Crippen LogP contribution in [0.5, 0.6) is 0 Å². The second-order valence-corrected chi connectivity index (χ2v) is 5.26. The van der Waals surface area contributed by atoms with Gasteiger partial charge in [-0.1, -0.05) is 23.4 Å². The molecule has 0 spiro atoms. The number of para-hydroxylation sites is 1. The largest absolute Gasteiger partial charge is 0.476 e. The average molecular weight is 300 g/mol. The Balaban J connectivity index is 1.83. The van der Waals surface area contributed by atoms with Gasteiger partial charge in [-0.05, 0) is 31.4 Å². The Morgan fingerprint density at radius 2 is 2.09 bits per heavy atom. The van der Waals surface area contributed by atoms with Crippen molar-refractivity contribution in [1.82, 2.24) is 15.0 Å². The van der Waals surface area contributed by atoms with Crippen LogP contribution in [0.1, 0.15) is 28.2 Å². The zero-order chi connectivity index (χ0) is 15.7. The molecule has 1 N–H and O–H groups in total. The molecule has 1 amide bonds. The zero-order valence-electron chi connectivity index (χ0n) is 12.2. The fraction of sp³-hybridized carbons (Fsp3) is 0.333. The van der Waals surface area contributed by atoms with Gasteiger partial charge in [0, 0.05) is 12.2 Å². The van der Waals surface area contributed by atoms with E-state index in [0.29, 0.717) is 12.2 Å². The summed E-state index contributed by atoms with van der Waals surface area (Å²) in [5.41, 5.74) is 2.34. The van der Waals surface area contributed by atoms with Crippen LogP contribution in [0, 0.1) is 6.92 Å². The topological polar surface area (TPSA) is 88.3 Å². The molecule has 3 rings (SSSR count). The molecule has 0 saturated heterocycles. The highest BCUT2D eigenvalue weighted by Gasteiger charge is 2.24. The van der Waals surface area contributed by atoms with E-state index in [9.17, 15) is 9.59 Å². The Morgan fingerprint density at radius 3 is 2.82 bits per heavy atom. The van der Waals surface area contributed by atoms with Crippen molar-refractivity contribution in [3.8, 4) is 0 Å². The standard InChI is InChI=1S/C15H16N4O3/c1-10-14(15(21)22)16-17-19(10)9-13(20)18-8-4-6-11-5-2-3-7-12(11)18/h2-3,5,7H,4,6,8-9H2,1H3,(H,21,22). The summed E-state index contributed by atoms with van der Waals surface area (Å²) in [4.78, 5) is 25.3. The van der Waals surface area contributed by atoms with Crippen LogP contribution in [-0.4, -0.2) is 38.5 Å². The van der Waals surface area contributed by atoms with Crippen LogP contribution >= 0.6 is 0 Å². The lowest BCUT2D eigenvalue weighted by Crippen LogP contribution is -2.38. The quantitative estimate of drug-likeness (QED) is 0.922. The third-order valence-corrected chi connectivity index (χ3v) is 3.88. The maximum Gasteiger partial charge on any atom is 0.358 e. The summed E-state index contributed by atoms with van der Waals surface area (Å²) in [5.74, 6) is -1.25. The second kappa shape index (κ2) is 5.59. The lowest BCUT2D eigenvalue weighted by molar-refractivity contribution is -0.119. The summed E-state index contributed by atoms with van der Waals surface area (Å²) in [7, 11) is 0. The van der Waals surface area contributed by atoms with E-state index in [2.05, 4.69) is 10.3 Å². The molecule has 1 aliphatic rings. The maximum atomic E-state index is 12.6. The summed E-state index contributed by atoms with van der Waals surface area (Å²) in [6, 6.07) is 7.84. The van der Waals surface area contributed by atoms with Crippen LogP contribution in [0.15, 0.2) is 24.3 Å². The van der Waals surface area contributed by atoms with Crippen molar-refractivity contribution in [1.29, 1.82) is 0 Å². The Bertz CT molecular complexity index is 738. The molecule has 22 heavy (non-hydrogen) atoms. The van der Waals surface area contributed by atoms with E-state index in [1.165, 1.54) is 4.68 Å². The molecule has 0 radical (unpaired) electrons.